The minimum atomic E-state index is 0. The van der Waals surface area contributed by atoms with Crippen LogP contribution in [0.3, 0.4) is 0 Å². The van der Waals surface area contributed by atoms with Crippen molar-refractivity contribution >= 4 is 15.2 Å². The minimum absolute atomic E-state index is 0. The van der Waals surface area contributed by atoms with Gasteiger partial charge in [0.25, 0.3) is 0 Å². The lowest BCUT2D eigenvalue weighted by molar-refractivity contribution is 0.148. The van der Waals surface area contributed by atoms with Crippen LogP contribution in [0, 0.1) is 0 Å². The third-order valence-corrected chi connectivity index (χ3v) is 2.58. The van der Waals surface area contributed by atoms with Gasteiger partial charge in [-0.15, -0.1) is 10.6 Å². The Labute approximate surface area is 66.0 Å². The van der Waals surface area contributed by atoms with Crippen molar-refractivity contribution in [1.29, 1.82) is 0 Å². The lowest BCUT2D eigenvalue weighted by Gasteiger charge is -1.97. The van der Waals surface area contributed by atoms with Crippen LogP contribution in [0.15, 0.2) is 0 Å². The molecule has 0 atom stereocenters. The van der Waals surface area contributed by atoms with Crippen LogP contribution in [0.25, 0.3) is 0 Å². The van der Waals surface area contributed by atoms with Gasteiger partial charge in [-0.2, -0.15) is 0 Å². The van der Waals surface area contributed by atoms with Crippen molar-refractivity contribution in [3.63, 3.8) is 0 Å². The summed E-state index contributed by atoms with van der Waals surface area (Å²) in [7, 11) is 0. The zero-order valence-electron chi connectivity index (χ0n) is 6.52. The van der Waals surface area contributed by atoms with Gasteiger partial charge in [-0.1, -0.05) is 6.92 Å². The standard InChI is InChI=1S/C5H11O.C2H5.Al.H2/c1-3-5-6-4-2;1-2;;/h1,3-5H2,2H3;1H2,2H3;;1H. The van der Waals surface area contributed by atoms with Crippen LogP contribution in [-0.4, -0.2) is 28.4 Å². The van der Waals surface area contributed by atoms with Crippen molar-refractivity contribution < 1.29 is 6.16 Å². The quantitative estimate of drug-likeness (QED) is 0.411. The summed E-state index contributed by atoms with van der Waals surface area (Å²) >= 11 is 0.730. The molecule has 0 amide bonds. The van der Waals surface area contributed by atoms with Crippen LogP contribution in [0.1, 0.15) is 21.7 Å². The topological polar surface area (TPSA) is 9.23 Å². The van der Waals surface area contributed by atoms with E-state index in [1.807, 2.05) is 6.92 Å². The highest BCUT2D eigenvalue weighted by Gasteiger charge is 1.87. The molecule has 0 saturated carbocycles. The van der Waals surface area contributed by atoms with Crippen LogP contribution in [0.5, 0.6) is 0 Å². The molecule has 0 heterocycles. The Hall–Kier alpha value is 0.492. The Morgan fingerprint density at radius 1 is 1.44 bits per heavy atom. The first kappa shape index (κ1) is 9.49. The predicted octanol–water partition coefficient (Wildman–Crippen LogP) is 2.22. The van der Waals surface area contributed by atoms with Gasteiger partial charge in [-0.3, -0.25) is 0 Å². The molecule has 0 rings (SSSR count). The van der Waals surface area contributed by atoms with Crippen LogP contribution >= 0.6 is 0 Å². The number of hydrogen-bond donors (Lipinski definition) is 0. The molecule has 0 aromatic rings. The summed E-state index contributed by atoms with van der Waals surface area (Å²) in [5.41, 5.74) is 0. The molecule has 0 fully saturated rings. The molecule has 0 N–H and O–H groups in total. The molecule has 0 saturated heterocycles. The highest BCUT2D eigenvalue weighted by atomic mass is 27.1. The molecule has 0 aromatic carbocycles. The molecular weight excluding hydrogens is 127 g/mol. The molecule has 2 heteroatoms. The lowest BCUT2D eigenvalue weighted by Crippen LogP contribution is -1.95. The van der Waals surface area contributed by atoms with Crippen LogP contribution < -0.4 is 0 Å². The van der Waals surface area contributed by atoms with Crippen molar-refractivity contribution in [1.82, 2.24) is 0 Å². The maximum absolute atomic E-state index is 5.19. The largest absolute Gasteiger partial charge is 0.382 e. The second-order valence-corrected chi connectivity index (χ2v) is 4.01. The fourth-order valence-electron chi connectivity index (χ4n) is 0.678. The molecule has 0 spiro atoms. The zero-order valence-corrected chi connectivity index (χ0v) is 7.68. The fourth-order valence-corrected chi connectivity index (χ4v) is 1.54. The maximum atomic E-state index is 5.19. The molecule has 0 unspecified atom stereocenters. The normalized spacial score (nSPS) is 9.56. The van der Waals surface area contributed by atoms with Gasteiger partial charge in [-0.05, 0) is 13.3 Å². The molecule has 0 aromatic heterocycles. The van der Waals surface area contributed by atoms with E-state index in [9.17, 15) is 0 Å². The van der Waals surface area contributed by atoms with E-state index >= 15 is 0 Å². The predicted molar refractivity (Wildman–Crippen MR) is 44.3 cm³/mol. The summed E-state index contributed by atoms with van der Waals surface area (Å²) in [5, 5.41) is 2.81. The van der Waals surface area contributed by atoms with E-state index in [4.69, 9.17) is 4.74 Å². The van der Waals surface area contributed by atoms with Crippen molar-refractivity contribution in [2.45, 2.75) is 30.8 Å². The third kappa shape index (κ3) is 8.49. The van der Waals surface area contributed by atoms with Gasteiger partial charge in [0.1, 0.15) is 0 Å². The number of ether oxygens (including phenoxy) is 1. The van der Waals surface area contributed by atoms with E-state index in [1.165, 1.54) is 17.0 Å². The molecule has 1 nitrogen and oxygen atoms in total. The van der Waals surface area contributed by atoms with Crippen LogP contribution in [-0.2, 0) is 4.74 Å². The summed E-state index contributed by atoms with van der Waals surface area (Å²) in [6.45, 7) is 6.16. The van der Waals surface area contributed by atoms with Gasteiger partial charge < -0.3 is 4.74 Å². The first-order chi connectivity index (χ1) is 4.41. The molecule has 0 aliphatic heterocycles. The van der Waals surface area contributed by atoms with E-state index < -0.39 is 0 Å². The minimum Gasteiger partial charge on any atom is -0.382 e. The van der Waals surface area contributed by atoms with E-state index in [0.29, 0.717) is 0 Å². The van der Waals surface area contributed by atoms with Gasteiger partial charge in [0, 0.05) is 14.6 Å². The van der Waals surface area contributed by atoms with Crippen molar-refractivity contribution in [2.75, 3.05) is 13.2 Å². The molecule has 0 bridgehead atoms. The molecule has 0 aliphatic rings. The fraction of sp³-hybridized carbons (Fsp3) is 1.00. The first-order valence-corrected chi connectivity index (χ1v) is 5.44. The smallest absolute Gasteiger partial charge is 0.199 e. The van der Waals surface area contributed by atoms with Crippen molar-refractivity contribution in [3.05, 3.63) is 0 Å². The summed E-state index contributed by atoms with van der Waals surface area (Å²) in [5.74, 6) is 0. The van der Waals surface area contributed by atoms with Gasteiger partial charge in [-0.25, -0.2) is 0 Å². The van der Waals surface area contributed by atoms with Crippen LogP contribution in [0.4, 0.5) is 0 Å². The molecule has 55 valence electrons. The van der Waals surface area contributed by atoms with Gasteiger partial charge in [0.15, 0.2) is 15.2 Å². The highest BCUT2D eigenvalue weighted by molar-refractivity contribution is 6.35. The Morgan fingerprint density at radius 3 is 2.78 bits per heavy atom. The highest BCUT2D eigenvalue weighted by Crippen LogP contribution is 1.91. The monoisotopic (exact) mass is 145 g/mol. The van der Waals surface area contributed by atoms with E-state index in [2.05, 4.69) is 6.92 Å². The Bertz CT molecular complexity index is 46.9. The Morgan fingerprint density at radius 2 is 2.22 bits per heavy atom. The second-order valence-electron chi connectivity index (χ2n) is 2.04. The maximum Gasteiger partial charge on any atom is 0.199 e. The molecule has 0 aliphatic carbocycles. The summed E-state index contributed by atoms with van der Waals surface area (Å²) in [4.78, 5) is 0. The van der Waals surface area contributed by atoms with Crippen LogP contribution in [0.2, 0.25) is 10.6 Å². The summed E-state index contributed by atoms with van der Waals surface area (Å²) < 4.78 is 5.19. The SMILES string of the molecule is CCOCC[CH2][Al][CH2]C.[HH]. The van der Waals surface area contributed by atoms with Crippen molar-refractivity contribution in [3.8, 4) is 0 Å². The summed E-state index contributed by atoms with van der Waals surface area (Å²) in [6.07, 6.45) is 1.27. The third-order valence-electron chi connectivity index (χ3n) is 1.19. The van der Waals surface area contributed by atoms with Gasteiger partial charge in [0.2, 0.25) is 0 Å². The summed E-state index contributed by atoms with van der Waals surface area (Å²) in [6, 6.07) is 0. The van der Waals surface area contributed by atoms with E-state index in [-0.39, 0.29) is 1.43 Å². The number of rotatable bonds is 6. The lowest BCUT2D eigenvalue weighted by atomic mass is 10.5. The first-order valence-electron chi connectivity index (χ1n) is 3.81. The molecule has 1 radical (unpaired) electrons. The average Bonchev–Trinajstić information content (AvgIpc) is 1.89. The Balaban J connectivity index is 0. The average molecular weight is 145 g/mol. The molecular formula is C7H18AlO. The molecule has 9 heavy (non-hydrogen) atoms. The van der Waals surface area contributed by atoms with Gasteiger partial charge >= 0.3 is 0 Å². The Kier molecular flexibility index (Phi) is 8.96. The number of hydrogen-bond acceptors (Lipinski definition) is 1. The van der Waals surface area contributed by atoms with Crippen molar-refractivity contribution in [2.24, 2.45) is 0 Å². The van der Waals surface area contributed by atoms with Gasteiger partial charge in [0.05, 0.1) is 0 Å². The zero-order chi connectivity index (χ0) is 6.95. The van der Waals surface area contributed by atoms with E-state index in [1.54, 1.807) is 0 Å². The second kappa shape index (κ2) is 8.49. The van der Waals surface area contributed by atoms with E-state index in [0.717, 1.165) is 28.4 Å².